The molecule has 3 aromatic heterocycles. The molecule has 150 valence electrons. The van der Waals surface area contributed by atoms with Gasteiger partial charge in [0, 0.05) is 36.6 Å². The molecular weight excluding hydrogens is 378 g/mol. The lowest BCUT2D eigenvalue weighted by Crippen LogP contribution is -2.43. The number of aromatic nitrogens is 4. The molecule has 1 saturated heterocycles. The third kappa shape index (κ3) is 3.07. The van der Waals surface area contributed by atoms with E-state index in [4.69, 9.17) is 10.8 Å². The van der Waals surface area contributed by atoms with Crippen LogP contribution in [0.4, 0.5) is 11.6 Å². The van der Waals surface area contributed by atoms with Gasteiger partial charge < -0.3 is 16.4 Å². The zero-order chi connectivity index (χ0) is 20.7. The van der Waals surface area contributed by atoms with Gasteiger partial charge in [0.1, 0.15) is 17.3 Å². The van der Waals surface area contributed by atoms with Crippen LogP contribution in [-0.4, -0.2) is 38.7 Å². The van der Waals surface area contributed by atoms with Gasteiger partial charge in [0.25, 0.3) is 5.91 Å². The Bertz CT molecular complexity index is 1250. The van der Waals surface area contributed by atoms with Crippen LogP contribution in [0.3, 0.4) is 0 Å². The van der Waals surface area contributed by atoms with Gasteiger partial charge in [-0.15, -0.1) is 0 Å². The molecule has 4 aromatic rings. The maximum Gasteiger partial charge on any atom is 0.256 e. The average Bonchev–Trinajstić information content (AvgIpc) is 3.07. The third-order valence-corrected chi connectivity index (χ3v) is 5.41. The summed E-state index contributed by atoms with van der Waals surface area (Å²) in [5, 5.41) is 11.8. The van der Waals surface area contributed by atoms with Crippen LogP contribution in [0.1, 0.15) is 22.0 Å². The molecule has 1 aliphatic rings. The molecule has 1 aromatic carbocycles. The minimum absolute atomic E-state index is 0.208. The van der Waals surface area contributed by atoms with E-state index in [9.17, 15) is 4.79 Å². The van der Waals surface area contributed by atoms with Gasteiger partial charge in [-0.1, -0.05) is 12.1 Å². The molecule has 0 aliphatic carbocycles. The van der Waals surface area contributed by atoms with Crippen molar-refractivity contribution in [3.05, 3.63) is 66.0 Å². The zero-order valence-corrected chi connectivity index (χ0v) is 16.5. The number of rotatable bonds is 4. The minimum atomic E-state index is -0.208. The third-order valence-electron chi connectivity index (χ3n) is 5.41. The molecule has 1 amide bonds. The van der Waals surface area contributed by atoms with Gasteiger partial charge in [0.15, 0.2) is 0 Å². The Morgan fingerprint density at radius 3 is 2.73 bits per heavy atom. The molecule has 30 heavy (non-hydrogen) atoms. The number of carbonyl (C=O) groups excluding carboxylic acids is 1. The number of aryl methyl sites for hydroxylation is 1. The monoisotopic (exact) mass is 399 g/mol. The quantitative estimate of drug-likeness (QED) is 0.487. The topological polar surface area (TPSA) is 111 Å². The molecule has 8 heteroatoms. The lowest BCUT2D eigenvalue weighted by Gasteiger charge is -2.27. The number of nitrogens with zero attached hydrogens (tertiary/aromatic N) is 4. The number of nitrogen functional groups attached to an aromatic ring is 1. The van der Waals surface area contributed by atoms with Crippen LogP contribution in [0.2, 0.25) is 0 Å². The molecule has 1 aliphatic heterocycles. The SMILES string of the molecule is Cc1cc(C(=O)Nc2ccccn2)ccc1-c1nn(C2CNC2)c2ccnc(N)c12. The summed E-state index contributed by atoms with van der Waals surface area (Å²) in [6.45, 7) is 3.73. The van der Waals surface area contributed by atoms with Crippen LogP contribution >= 0.6 is 0 Å². The summed E-state index contributed by atoms with van der Waals surface area (Å²) in [6.07, 6.45) is 3.35. The number of hydrogen-bond acceptors (Lipinski definition) is 6. The van der Waals surface area contributed by atoms with E-state index in [0.29, 0.717) is 23.2 Å². The fourth-order valence-corrected chi connectivity index (χ4v) is 3.72. The Kier molecular flexibility index (Phi) is 4.40. The highest BCUT2D eigenvalue weighted by Gasteiger charge is 2.25. The summed E-state index contributed by atoms with van der Waals surface area (Å²) in [7, 11) is 0. The first-order valence-corrected chi connectivity index (χ1v) is 9.78. The Balaban J connectivity index is 1.54. The van der Waals surface area contributed by atoms with E-state index in [1.807, 2.05) is 35.9 Å². The molecule has 0 radical (unpaired) electrons. The van der Waals surface area contributed by atoms with Crippen LogP contribution in [0, 0.1) is 6.92 Å². The van der Waals surface area contributed by atoms with Crippen LogP contribution in [0.5, 0.6) is 0 Å². The van der Waals surface area contributed by atoms with E-state index < -0.39 is 0 Å². The van der Waals surface area contributed by atoms with E-state index in [1.165, 1.54) is 0 Å². The zero-order valence-electron chi connectivity index (χ0n) is 16.5. The Morgan fingerprint density at radius 2 is 2.03 bits per heavy atom. The maximum absolute atomic E-state index is 12.6. The Hall–Kier alpha value is -3.78. The molecular formula is C22H21N7O. The van der Waals surface area contributed by atoms with Crippen molar-refractivity contribution in [1.82, 2.24) is 25.1 Å². The fourth-order valence-electron chi connectivity index (χ4n) is 3.72. The van der Waals surface area contributed by atoms with Crippen LogP contribution in [0.15, 0.2) is 54.9 Å². The second kappa shape index (κ2) is 7.23. The van der Waals surface area contributed by atoms with Crippen molar-refractivity contribution in [3.63, 3.8) is 0 Å². The van der Waals surface area contributed by atoms with Crippen LogP contribution in [0.25, 0.3) is 22.2 Å². The molecule has 0 spiro atoms. The highest BCUT2D eigenvalue weighted by molar-refractivity contribution is 6.05. The van der Waals surface area contributed by atoms with E-state index in [1.54, 1.807) is 30.6 Å². The maximum atomic E-state index is 12.6. The first-order valence-electron chi connectivity index (χ1n) is 9.78. The summed E-state index contributed by atoms with van der Waals surface area (Å²) in [6, 6.07) is 13.2. The lowest BCUT2D eigenvalue weighted by atomic mass is 10.00. The second-order valence-corrected chi connectivity index (χ2v) is 7.39. The minimum Gasteiger partial charge on any atom is -0.383 e. The van der Waals surface area contributed by atoms with Gasteiger partial charge in [-0.2, -0.15) is 5.10 Å². The Morgan fingerprint density at radius 1 is 1.17 bits per heavy atom. The van der Waals surface area contributed by atoms with E-state index in [0.717, 1.165) is 40.8 Å². The van der Waals surface area contributed by atoms with E-state index in [-0.39, 0.29) is 5.91 Å². The smallest absolute Gasteiger partial charge is 0.256 e. The number of nitrogens with one attached hydrogen (secondary N) is 2. The first-order chi connectivity index (χ1) is 14.6. The highest BCUT2D eigenvalue weighted by atomic mass is 16.1. The van der Waals surface area contributed by atoms with Crippen molar-refractivity contribution in [2.75, 3.05) is 24.1 Å². The molecule has 5 rings (SSSR count). The first kappa shape index (κ1) is 18.3. The van der Waals surface area contributed by atoms with Gasteiger partial charge >= 0.3 is 0 Å². The van der Waals surface area contributed by atoms with Gasteiger partial charge in [-0.05, 0) is 42.8 Å². The molecule has 8 nitrogen and oxygen atoms in total. The van der Waals surface area contributed by atoms with Crippen molar-refractivity contribution in [2.45, 2.75) is 13.0 Å². The van der Waals surface area contributed by atoms with Crippen molar-refractivity contribution >= 4 is 28.4 Å². The van der Waals surface area contributed by atoms with E-state index >= 15 is 0 Å². The number of fused-ring (bicyclic) bond motifs is 1. The van der Waals surface area contributed by atoms with Gasteiger partial charge in [0.05, 0.1) is 16.9 Å². The number of benzene rings is 1. The largest absolute Gasteiger partial charge is 0.383 e. The van der Waals surface area contributed by atoms with Crippen molar-refractivity contribution < 1.29 is 4.79 Å². The van der Waals surface area contributed by atoms with Crippen molar-refractivity contribution in [2.24, 2.45) is 0 Å². The number of nitrogens with two attached hydrogens (primary N) is 1. The lowest BCUT2D eigenvalue weighted by molar-refractivity contribution is 0.102. The molecule has 1 fully saturated rings. The van der Waals surface area contributed by atoms with Crippen LogP contribution < -0.4 is 16.4 Å². The number of anilines is 2. The summed E-state index contributed by atoms with van der Waals surface area (Å²) < 4.78 is 2.03. The normalized spacial score (nSPS) is 13.9. The highest BCUT2D eigenvalue weighted by Crippen LogP contribution is 2.35. The summed E-state index contributed by atoms with van der Waals surface area (Å²) in [4.78, 5) is 21.0. The molecule has 0 saturated carbocycles. The number of amides is 1. The number of pyridine rings is 2. The molecule has 4 heterocycles. The molecule has 0 atom stereocenters. The second-order valence-electron chi connectivity index (χ2n) is 7.39. The number of carbonyl (C=O) groups is 1. The summed E-state index contributed by atoms with van der Waals surface area (Å²) >= 11 is 0. The Labute approximate surface area is 173 Å². The van der Waals surface area contributed by atoms with Gasteiger partial charge in [-0.3, -0.25) is 9.48 Å². The van der Waals surface area contributed by atoms with Gasteiger partial charge in [-0.25, -0.2) is 9.97 Å². The predicted molar refractivity (Wildman–Crippen MR) is 116 cm³/mol. The molecule has 0 unspecified atom stereocenters. The van der Waals surface area contributed by atoms with Gasteiger partial charge in [0.2, 0.25) is 0 Å². The summed E-state index contributed by atoms with van der Waals surface area (Å²) in [5.41, 5.74) is 10.4. The predicted octanol–water partition coefficient (Wildman–Crippen LogP) is 2.78. The van der Waals surface area contributed by atoms with Crippen molar-refractivity contribution in [1.29, 1.82) is 0 Å². The molecule has 4 N–H and O–H groups in total. The van der Waals surface area contributed by atoms with E-state index in [2.05, 4.69) is 20.6 Å². The number of hydrogen-bond donors (Lipinski definition) is 3. The fraction of sp³-hybridized carbons (Fsp3) is 0.182. The molecule has 0 bridgehead atoms. The standard InChI is InChI=1S/C22H21N7O/c1-13-10-14(22(30)27-18-4-2-3-8-25-18)5-6-16(13)20-19-17(7-9-26-21(19)23)29(28-20)15-11-24-12-15/h2-10,15,24H,11-12H2,1H3,(H2,23,26)(H,25,27,30). The summed E-state index contributed by atoms with van der Waals surface area (Å²) in [5.74, 6) is 0.764. The van der Waals surface area contributed by atoms with Crippen molar-refractivity contribution in [3.8, 4) is 11.3 Å². The average molecular weight is 399 g/mol. The van der Waals surface area contributed by atoms with Crippen LogP contribution in [-0.2, 0) is 0 Å².